The van der Waals surface area contributed by atoms with E-state index in [0.29, 0.717) is 11.3 Å². The molecule has 0 fully saturated rings. The van der Waals surface area contributed by atoms with Gasteiger partial charge in [0.15, 0.2) is 5.96 Å². The first-order valence-electron chi connectivity index (χ1n) is 7.25. The fourth-order valence-corrected chi connectivity index (χ4v) is 1.76. The van der Waals surface area contributed by atoms with E-state index in [1.165, 1.54) is 0 Å². The molecule has 0 saturated carbocycles. The van der Waals surface area contributed by atoms with Gasteiger partial charge < -0.3 is 15.1 Å². The van der Waals surface area contributed by atoms with Gasteiger partial charge in [-0.25, -0.2) is 0 Å². The van der Waals surface area contributed by atoms with Crippen molar-refractivity contribution in [2.45, 2.75) is 44.9 Å². The van der Waals surface area contributed by atoms with Crippen molar-refractivity contribution in [2.75, 3.05) is 19.3 Å². The average Bonchev–Trinajstić information content (AvgIpc) is 2.97. The summed E-state index contributed by atoms with van der Waals surface area (Å²) < 4.78 is 5.33. The Bertz CT molecular complexity index is 384. The lowest BCUT2D eigenvalue weighted by molar-refractivity contribution is 0.506. The third-order valence-electron chi connectivity index (χ3n) is 3.15. The minimum absolute atomic E-state index is 0. The number of hydrogen-bond acceptors (Lipinski definition) is 3. The molecule has 2 unspecified atom stereocenters. The van der Waals surface area contributed by atoms with Crippen LogP contribution in [0.3, 0.4) is 0 Å². The van der Waals surface area contributed by atoms with Gasteiger partial charge in [0, 0.05) is 24.3 Å². The zero-order valence-corrected chi connectivity index (χ0v) is 16.5. The van der Waals surface area contributed by atoms with Crippen molar-refractivity contribution in [2.24, 2.45) is 4.99 Å². The van der Waals surface area contributed by atoms with Gasteiger partial charge in [0.1, 0.15) is 5.76 Å². The number of guanidine groups is 1. The third kappa shape index (κ3) is 9.29. The zero-order valence-electron chi connectivity index (χ0n) is 13.4. The molecule has 2 atom stereocenters. The van der Waals surface area contributed by atoms with E-state index in [1.807, 2.05) is 23.9 Å². The average molecular weight is 425 g/mol. The highest BCUT2D eigenvalue weighted by Crippen LogP contribution is 2.04. The van der Waals surface area contributed by atoms with Gasteiger partial charge in [-0.1, -0.05) is 13.8 Å². The Kier molecular flexibility index (Phi) is 12.0. The van der Waals surface area contributed by atoms with Crippen LogP contribution in [0.15, 0.2) is 27.8 Å². The van der Waals surface area contributed by atoms with Crippen molar-refractivity contribution in [1.29, 1.82) is 0 Å². The first kappa shape index (κ1) is 20.6. The van der Waals surface area contributed by atoms with Crippen LogP contribution < -0.4 is 10.6 Å². The van der Waals surface area contributed by atoms with Crippen LogP contribution in [0.4, 0.5) is 0 Å². The van der Waals surface area contributed by atoms with Gasteiger partial charge >= 0.3 is 0 Å². The molecule has 21 heavy (non-hydrogen) atoms. The summed E-state index contributed by atoms with van der Waals surface area (Å²) in [5.74, 6) is 1.89. The number of halogens is 1. The zero-order chi connectivity index (χ0) is 14.8. The van der Waals surface area contributed by atoms with Gasteiger partial charge in [0.05, 0.1) is 12.8 Å². The van der Waals surface area contributed by atoms with Crippen LogP contribution in [0, 0.1) is 0 Å². The molecule has 0 amide bonds. The molecule has 0 saturated heterocycles. The second-order valence-corrected chi connectivity index (χ2v) is 6.22. The molecule has 0 aliphatic carbocycles. The van der Waals surface area contributed by atoms with E-state index in [4.69, 9.17) is 4.42 Å². The Morgan fingerprint density at radius 2 is 2.19 bits per heavy atom. The quantitative estimate of drug-likeness (QED) is 0.380. The Morgan fingerprint density at radius 1 is 1.43 bits per heavy atom. The van der Waals surface area contributed by atoms with Crippen LogP contribution in [0.2, 0.25) is 0 Å². The molecule has 1 aromatic heterocycles. The van der Waals surface area contributed by atoms with E-state index < -0.39 is 0 Å². The maximum absolute atomic E-state index is 5.33. The molecule has 0 spiro atoms. The number of furan rings is 1. The van der Waals surface area contributed by atoms with E-state index in [2.05, 4.69) is 42.7 Å². The molecular formula is C15H28IN3OS. The number of nitrogens with one attached hydrogen (secondary N) is 2. The lowest BCUT2D eigenvalue weighted by Gasteiger charge is -2.17. The number of hydrogen-bond donors (Lipinski definition) is 2. The first-order valence-corrected chi connectivity index (χ1v) is 8.54. The predicted octanol–water partition coefficient (Wildman–Crippen LogP) is 3.53. The fourth-order valence-electron chi connectivity index (χ4n) is 1.54. The Hall–Kier alpha value is -0.370. The maximum Gasteiger partial charge on any atom is 0.191 e. The standard InChI is InChI=1S/C15H27N3OS.HI/c1-5-12(2)18-15(17-11-13(3)20-4)16-9-8-14-7-6-10-19-14;/h6-7,10,12-13H,5,8-9,11H2,1-4H3,(H2,16,17,18);1H. The predicted molar refractivity (Wildman–Crippen MR) is 104 cm³/mol. The number of aliphatic imine (C=N–C) groups is 1. The second kappa shape index (κ2) is 12.2. The van der Waals surface area contributed by atoms with Crippen LogP contribution in [-0.4, -0.2) is 36.6 Å². The highest BCUT2D eigenvalue weighted by atomic mass is 127. The van der Waals surface area contributed by atoms with Crippen molar-refractivity contribution in [3.8, 4) is 0 Å². The molecule has 1 aromatic rings. The van der Waals surface area contributed by atoms with Crippen molar-refractivity contribution < 1.29 is 4.42 Å². The lowest BCUT2D eigenvalue weighted by atomic mass is 10.3. The molecule has 122 valence electrons. The van der Waals surface area contributed by atoms with Crippen molar-refractivity contribution in [3.05, 3.63) is 24.2 Å². The molecule has 0 bridgehead atoms. The van der Waals surface area contributed by atoms with Gasteiger partial charge in [-0.3, -0.25) is 4.99 Å². The van der Waals surface area contributed by atoms with Crippen LogP contribution >= 0.6 is 35.7 Å². The van der Waals surface area contributed by atoms with Gasteiger partial charge in [-0.05, 0) is 31.7 Å². The van der Waals surface area contributed by atoms with Gasteiger partial charge in [-0.15, -0.1) is 24.0 Å². The summed E-state index contributed by atoms with van der Waals surface area (Å²) in [6, 6.07) is 4.34. The van der Waals surface area contributed by atoms with Crippen LogP contribution in [-0.2, 0) is 6.42 Å². The van der Waals surface area contributed by atoms with Gasteiger partial charge in [0.25, 0.3) is 0 Å². The maximum atomic E-state index is 5.33. The largest absolute Gasteiger partial charge is 0.469 e. The summed E-state index contributed by atoms with van der Waals surface area (Å²) in [6.45, 7) is 8.18. The molecule has 2 N–H and O–H groups in total. The third-order valence-corrected chi connectivity index (χ3v) is 4.10. The SMILES string of the molecule is CCC(C)NC(=NCC(C)SC)NCCc1ccco1.I. The smallest absolute Gasteiger partial charge is 0.191 e. The summed E-state index contributed by atoms with van der Waals surface area (Å²) in [6.07, 6.45) is 5.78. The summed E-state index contributed by atoms with van der Waals surface area (Å²) in [4.78, 5) is 4.64. The fraction of sp³-hybridized carbons (Fsp3) is 0.667. The molecule has 1 rings (SSSR count). The van der Waals surface area contributed by atoms with Gasteiger partial charge in [-0.2, -0.15) is 11.8 Å². The minimum atomic E-state index is 0. The van der Waals surface area contributed by atoms with E-state index in [9.17, 15) is 0 Å². The molecule has 4 nitrogen and oxygen atoms in total. The molecule has 1 heterocycles. The summed E-state index contributed by atoms with van der Waals surface area (Å²) >= 11 is 1.84. The minimum Gasteiger partial charge on any atom is -0.469 e. The summed E-state index contributed by atoms with van der Waals surface area (Å²) in [5, 5.41) is 7.34. The van der Waals surface area contributed by atoms with Gasteiger partial charge in [0.2, 0.25) is 0 Å². The highest BCUT2D eigenvalue weighted by Gasteiger charge is 2.05. The number of nitrogens with zero attached hydrogens (tertiary/aromatic N) is 1. The number of rotatable bonds is 8. The topological polar surface area (TPSA) is 49.6 Å². The first-order chi connectivity index (χ1) is 9.65. The molecule has 0 aromatic carbocycles. The second-order valence-electron chi connectivity index (χ2n) is 4.95. The summed E-state index contributed by atoms with van der Waals surface area (Å²) in [5.41, 5.74) is 0. The van der Waals surface area contributed by atoms with Crippen molar-refractivity contribution >= 4 is 41.7 Å². The molecule has 0 aliphatic heterocycles. The van der Waals surface area contributed by atoms with E-state index in [1.54, 1.807) is 6.26 Å². The molecule has 0 radical (unpaired) electrons. The monoisotopic (exact) mass is 425 g/mol. The van der Waals surface area contributed by atoms with E-state index in [0.717, 1.165) is 37.7 Å². The molecule has 0 aliphatic rings. The molecule has 6 heteroatoms. The van der Waals surface area contributed by atoms with Crippen LogP contribution in [0.5, 0.6) is 0 Å². The Morgan fingerprint density at radius 3 is 2.76 bits per heavy atom. The van der Waals surface area contributed by atoms with Crippen molar-refractivity contribution in [1.82, 2.24) is 10.6 Å². The Balaban J connectivity index is 0.00000400. The van der Waals surface area contributed by atoms with E-state index in [-0.39, 0.29) is 24.0 Å². The normalized spacial score (nSPS) is 14.2. The van der Waals surface area contributed by atoms with Crippen molar-refractivity contribution in [3.63, 3.8) is 0 Å². The van der Waals surface area contributed by atoms with Crippen LogP contribution in [0.1, 0.15) is 33.0 Å². The Labute approximate surface area is 150 Å². The highest BCUT2D eigenvalue weighted by molar-refractivity contribution is 14.0. The van der Waals surface area contributed by atoms with Crippen LogP contribution in [0.25, 0.3) is 0 Å². The summed E-state index contributed by atoms with van der Waals surface area (Å²) in [7, 11) is 0. The lowest BCUT2D eigenvalue weighted by Crippen LogP contribution is -2.43. The number of thioether (sulfide) groups is 1. The molecular weight excluding hydrogens is 397 g/mol. The van der Waals surface area contributed by atoms with E-state index >= 15 is 0 Å².